The second-order valence-corrected chi connectivity index (χ2v) is 6.65. The summed E-state index contributed by atoms with van der Waals surface area (Å²) in [5.74, 6) is -0.0637. The van der Waals surface area contributed by atoms with Gasteiger partial charge in [-0.05, 0) is 19.3 Å². The van der Waals surface area contributed by atoms with Crippen molar-refractivity contribution >= 4 is 48.0 Å². The molecule has 0 aliphatic carbocycles. The standard InChI is InChI=1S/C15H25N5O2S.2ClH/c1-2-5-17-13(21)9-20-6-3-11(4-7-20)18-15(22)12-10-23-14(8-16)19-12;;/h10-11H,2-9,16H2,1H3,(H,17,21)(H,18,22);2*1H. The van der Waals surface area contributed by atoms with Gasteiger partial charge in [-0.1, -0.05) is 6.92 Å². The average Bonchev–Trinajstić information content (AvgIpc) is 3.04. The number of hydrogen-bond donors (Lipinski definition) is 3. The molecule has 0 spiro atoms. The fourth-order valence-electron chi connectivity index (χ4n) is 2.53. The summed E-state index contributed by atoms with van der Waals surface area (Å²) in [5.41, 5.74) is 5.95. The van der Waals surface area contributed by atoms with E-state index in [1.165, 1.54) is 11.3 Å². The molecule has 7 nitrogen and oxygen atoms in total. The molecular weight excluding hydrogens is 385 g/mol. The fourth-order valence-corrected chi connectivity index (χ4v) is 3.18. The van der Waals surface area contributed by atoms with Gasteiger partial charge in [0.05, 0.1) is 6.54 Å². The van der Waals surface area contributed by atoms with Crippen molar-refractivity contribution in [2.75, 3.05) is 26.2 Å². The topological polar surface area (TPSA) is 100 Å². The molecule has 25 heavy (non-hydrogen) atoms. The first-order valence-corrected chi connectivity index (χ1v) is 8.94. The lowest BCUT2D eigenvalue weighted by Gasteiger charge is -2.31. The van der Waals surface area contributed by atoms with E-state index in [0.717, 1.165) is 43.9 Å². The third-order valence-corrected chi connectivity index (χ3v) is 4.69. The van der Waals surface area contributed by atoms with Crippen molar-refractivity contribution in [3.8, 4) is 0 Å². The minimum atomic E-state index is -0.139. The van der Waals surface area contributed by atoms with Crippen molar-refractivity contribution in [1.29, 1.82) is 0 Å². The van der Waals surface area contributed by atoms with Gasteiger partial charge < -0.3 is 16.4 Å². The highest BCUT2D eigenvalue weighted by Crippen LogP contribution is 2.13. The molecule has 144 valence electrons. The number of carbonyl (C=O) groups excluding carboxylic acids is 2. The van der Waals surface area contributed by atoms with Gasteiger partial charge in [0.2, 0.25) is 5.91 Å². The van der Waals surface area contributed by atoms with E-state index in [9.17, 15) is 9.59 Å². The molecule has 0 saturated carbocycles. The molecular formula is C15H27Cl2N5O2S. The van der Waals surface area contributed by atoms with Crippen LogP contribution in [0.5, 0.6) is 0 Å². The molecule has 1 saturated heterocycles. The first kappa shape index (κ1) is 24.1. The lowest BCUT2D eigenvalue weighted by atomic mass is 10.0. The van der Waals surface area contributed by atoms with Gasteiger partial charge in [0.15, 0.2) is 0 Å². The van der Waals surface area contributed by atoms with Crippen LogP contribution < -0.4 is 16.4 Å². The molecule has 0 atom stereocenters. The van der Waals surface area contributed by atoms with Crippen LogP contribution in [-0.4, -0.2) is 53.9 Å². The number of carbonyl (C=O) groups is 2. The third-order valence-electron chi connectivity index (χ3n) is 3.82. The molecule has 10 heteroatoms. The molecule has 4 N–H and O–H groups in total. The zero-order chi connectivity index (χ0) is 16.7. The number of amides is 2. The second kappa shape index (κ2) is 12.4. The summed E-state index contributed by atoms with van der Waals surface area (Å²) >= 11 is 1.40. The Kier molecular flexibility index (Phi) is 12.0. The van der Waals surface area contributed by atoms with E-state index >= 15 is 0 Å². The predicted molar refractivity (Wildman–Crippen MR) is 105 cm³/mol. The van der Waals surface area contributed by atoms with Crippen LogP contribution in [0.2, 0.25) is 0 Å². The van der Waals surface area contributed by atoms with Gasteiger partial charge in [-0.25, -0.2) is 4.98 Å². The number of piperidine rings is 1. The maximum atomic E-state index is 12.1. The van der Waals surface area contributed by atoms with Gasteiger partial charge in [-0.3, -0.25) is 14.5 Å². The number of nitrogens with one attached hydrogen (secondary N) is 2. The largest absolute Gasteiger partial charge is 0.355 e. The van der Waals surface area contributed by atoms with E-state index in [1.54, 1.807) is 5.38 Å². The Bertz CT molecular complexity index is 536. The van der Waals surface area contributed by atoms with E-state index in [-0.39, 0.29) is 42.7 Å². The van der Waals surface area contributed by atoms with Gasteiger partial charge >= 0.3 is 0 Å². The van der Waals surface area contributed by atoms with Crippen LogP contribution in [0.1, 0.15) is 41.7 Å². The Morgan fingerprint density at radius 2 is 2.04 bits per heavy atom. The number of nitrogens with zero attached hydrogens (tertiary/aromatic N) is 2. The summed E-state index contributed by atoms with van der Waals surface area (Å²) in [7, 11) is 0. The van der Waals surface area contributed by atoms with Crippen LogP contribution in [0, 0.1) is 0 Å². The number of rotatable bonds is 7. The summed E-state index contributed by atoms with van der Waals surface area (Å²) < 4.78 is 0. The Balaban J connectivity index is 0.00000288. The molecule has 1 aliphatic rings. The Morgan fingerprint density at radius 3 is 2.60 bits per heavy atom. The molecule has 0 radical (unpaired) electrons. The number of hydrogen-bond acceptors (Lipinski definition) is 6. The summed E-state index contributed by atoms with van der Waals surface area (Å²) in [6, 6.07) is 0.139. The minimum absolute atomic E-state index is 0. The van der Waals surface area contributed by atoms with Crippen LogP contribution in [0.4, 0.5) is 0 Å². The lowest BCUT2D eigenvalue weighted by Crippen LogP contribution is -2.47. The van der Waals surface area contributed by atoms with Crippen molar-refractivity contribution in [3.05, 3.63) is 16.1 Å². The normalized spacial score (nSPS) is 15.0. The summed E-state index contributed by atoms with van der Waals surface area (Å²) in [4.78, 5) is 30.2. The van der Waals surface area contributed by atoms with Gasteiger partial charge in [0.1, 0.15) is 10.7 Å². The zero-order valence-corrected chi connectivity index (χ0v) is 16.8. The molecule has 1 aromatic heterocycles. The number of halogens is 2. The highest BCUT2D eigenvalue weighted by molar-refractivity contribution is 7.09. The monoisotopic (exact) mass is 411 g/mol. The number of likely N-dealkylation sites (tertiary alicyclic amines) is 1. The minimum Gasteiger partial charge on any atom is -0.355 e. The van der Waals surface area contributed by atoms with Gasteiger partial charge in [0, 0.05) is 37.6 Å². The van der Waals surface area contributed by atoms with Crippen molar-refractivity contribution in [2.24, 2.45) is 5.73 Å². The van der Waals surface area contributed by atoms with Gasteiger partial charge in [-0.2, -0.15) is 0 Å². The van der Waals surface area contributed by atoms with E-state index in [0.29, 0.717) is 18.8 Å². The lowest BCUT2D eigenvalue weighted by molar-refractivity contribution is -0.122. The van der Waals surface area contributed by atoms with Gasteiger partial charge in [-0.15, -0.1) is 36.2 Å². The Morgan fingerprint density at radius 1 is 1.36 bits per heavy atom. The van der Waals surface area contributed by atoms with Crippen molar-refractivity contribution in [3.63, 3.8) is 0 Å². The van der Waals surface area contributed by atoms with E-state index in [1.807, 2.05) is 6.92 Å². The molecule has 2 rings (SSSR count). The molecule has 1 fully saturated rings. The Hall–Kier alpha value is -0.930. The van der Waals surface area contributed by atoms with E-state index in [4.69, 9.17) is 5.73 Å². The van der Waals surface area contributed by atoms with Crippen molar-refractivity contribution in [2.45, 2.75) is 38.8 Å². The van der Waals surface area contributed by atoms with Crippen LogP contribution in [0.3, 0.4) is 0 Å². The highest BCUT2D eigenvalue weighted by atomic mass is 35.5. The number of thiazole rings is 1. The second-order valence-electron chi connectivity index (χ2n) is 5.70. The quantitative estimate of drug-likeness (QED) is 0.624. The summed E-state index contributed by atoms with van der Waals surface area (Å²) in [5, 5.41) is 8.41. The molecule has 0 unspecified atom stereocenters. The molecule has 1 aromatic rings. The molecule has 0 aromatic carbocycles. The predicted octanol–water partition coefficient (Wildman–Crippen LogP) is 1.17. The van der Waals surface area contributed by atoms with Crippen molar-refractivity contribution in [1.82, 2.24) is 20.5 Å². The zero-order valence-electron chi connectivity index (χ0n) is 14.3. The first-order valence-electron chi connectivity index (χ1n) is 8.06. The van der Waals surface area contributed by atoms with Crippen LogP contribution in [-0.2, 0) is 11.3 Å². The number of nitrogens with two attached hydrogens (primary N) is 1. The van der Waals surface area contributed by atoms with Crippen LogP contribution >= 0.6 is 36.2 Å². The Labute approximate surface area is 164 Å². The first-order chi connectivity index (χ1) is 11.1. The average molecular weight is 412 g/mol. The van der Waals surface area contributed by atoms with Crippen LogP contribution in [0.25, 0.3) is 0 Å². The summed E-state index contributed by atoms with van der Waals surface area (Å²) in [6.45, 7) is 5.19. The maximum Gasteiger partial charge on any atom is 0.270 e. The van der Waals surface area contributed by atoms with E-state index in [2.05, 4.69) is 20.5 Å². The molecule has 0 bridgehead atoms. The van der Waals surface area contributed by atoms with Crippen molar-refractivity contribution < 1.29 is 9.59 Å². The summed E-state index contributed by atoms with van der Waals surface area (Å²) in [6.07, 6.45) is 2.64. The SMILES string of the molecule is CCCNC(=O)CN1CCC(NC(=O)c2csc(CN)n2)CC1.Cl.Cl. The molecule has 2 heterocycles. The molecule has 2 amide bonds. The third kappa shape index (κ3) is 7.87. The fraction of sp³-hybridized carbons (Fsp3) is 0.667. The number of aromatic nitrogens is 1. The van der Waals surface area contributed by atoms with E-state index < -0.39 is 0 Å². The van der Waals surface area contributed by atoms with Crippen LogP contribution in [0.15, 0.2) is 5.38 Å². The maximum absolute atomic E-state index is 12.1. The molecule has 1 aliphatic heterocycles. The highest BCUT2D eigenvalue weighted by Gasteiger charge is 2.23. The smallest absolute Gasteiger partial charge is 0.270 e. The van der Waals surface area contributed by atoms with Gasteiger partial charge in [0.25, 0.3) is 5.91 Å².